The molecule has 44 heavy (non-hydrogen) atoms. The smallest absolute Gasteiger partial charge is 0.365 e. The molecule has 0 atom stereocenters. The van der Waals surface area contributed by atoms with Gasteiger partial charge in [0.25, 0.3) is 0 Å². The second-order valence-corrected chi connectivity index (χ2v) is 12.4. The Morgan fingerprint density at radius 1 is 0.977 bits per heavy atom. The van der Waals surface area contributed by atoms with Crippen molar-refractivity contribution in [3.8, 4) is 0 Å². The van der Waals surface area contributed by atoms with Gasteiger partial charge in [0, 0.05) is 42.9 Å². The number of carbonyl (C=O) groups is 1. The molecule has 1 aliphatic heterocycles. The van der Waals surface area contributed by atoms with E-state index < -0.39 is 22.9 Å². The van der Waals surface area contributed by atoms with Gasteiger partial charge in [0.2, 0.25) is 5.95 Å². The maximum Gasteiger partial charge on any atom is 0.430 e. The van der Waals surface area contributed by atoms with Gasteiger partial charge >= 0.3 is 12.3 Å². The van der Waals surface area contributed by atoms with Crippen LogP contribution in [0.3, 0.4) is 0 Å². The average Bonchev–Trinajstić information content (AvgIpc) is 3.66. The van der Waals surface area contributed by atoms with Gasteiger partial charge < -0.3 is 25.8 Å². The first-order valence-corrected chi connectivity index (χ1v) is 15.6. The van der Waals surface area contributed by atoms with Crippen LogP contribution in [0.5, 0.6) is 0 Å². The van der Waals surface area contributed by atoms with Crippen LogP contribution in [-0.2, 0) is 11.0 Å². The quantitative estimate of drug-likeness (QED) is 0.235. The molecular formula is C29H37ClF3N9O2. The van der Waals surface area contributed by atoms with Crippen molar-refractivity contribution in [2.24, 2.45) is 5.73 Å². The Morgan fingerprint density at radius 2 is 1.68 bits per heavy atom. The number of rotatable bonds is 7. The molecule has 1 amide bonds. The Hall–Kier alpha value is -3.36. The van der Waals surface area contributed by atoms with Crippen molar-refractivity contribution in [2.45, 2.75) is 94.6 Å². The Morgan fingerprint density at radius 3 is 2.39 bits per heavy atom. The summed E-state index contributed by atoms with van der Waals surface area (Å²) in [6.45, 7) is 0.857. The third-order valence-corrected chi connectivity index (χ3v) is 9.10. The second-order valence-electron chi connectivity index (χ2n) is 12.0. The first-order chi connectivity index (χ1) is 21.1. The zero-order valence-electron chi connectivity index (χ0n) is 24.2. The average molecular weight is 636 g/mol. The van der Waals surface area contributed by atoms with Crippen LogP contribution in [0.15, 0.2) is 24.5 Å². The highest BCUT2D eigenvalue weighted by atomic mass is 35.5. The lowest BCUT2D eigenvalue weighted by Gasteiger charge is -2.31. The normalized spacial score (nSPS) is 22.3. The van der Waals surface area contributed by atoms with Gasteiger partial charge in [-0.1, -0.05) is 24.4 Å². The number of imidazole rings is 1. The maximum absolute atomic E-state index is 13.2. The van der Waals surface area contributed by atoms with Gasteiger partial charge in [-0.3, -0.25) is 5.32 Å². The highest BCUT2D eigenvalue weighted by Crippen LogP contribution is 2.37. The Labute approximate surface area is 258 Å². The summed E-state index contributed by atoms with van der Waals surface area (Å²) < 4.78 is 41.7. The fourth-order valence-electron chi connectivity index (χ4n) is 6.34. The van der Waals surface area contributed by atoms with Crippen molar-refractivity contribution in [2.75, 3.05) is 29.0 Å². The highest BCUT2D eigenvalue weighted by Gasteiger charge is 2.34. The predicted molar refractivity (Wildman–Crippen MR) is 161 cm³/mol. The summed E-state index contributed by atoms with van der Waals surface area (Å²) >= 11 is 5.67. The summed E-state index contributed by atoms with van der Waals surface area (Å²) in [6, 6.07) is 4.09. The van der Waals surface area contributed by atoms with Crippen molar-refractivity contribution in [1.82, 2.24) is 24.6 Å². The van der Waals surface area contributed by atoms with Crippen molar-refractivity contribution in [1.29, 1.82) is 0 Å². The molecule has 5 N–H and O–H groups in total. The zero-order chi connectivity index (χ0) is 30.8. The number of benzene rings is 1. The van der Waals surface area contributed by atoms with E-state index in [9.17, 15) is 18.0 Å². The Bertz CT molecular complexity index is 1460. The number of hydroxylamine groups is 2. The van der Waals surface area contributed by atoms with Crippen molar-refractivity contribution in [3.05, 3.63) is 35.1 Å². The van der Waals surface area contributed by atoms with Crippen molar-refractivity contribution in [3.63, 3.8) is 0 Å². The molecule has 3 heterocycles. The summed E-state index contributed by atoms with van der Waals surface area (Å²) in [5.74, 6) is 1.25. The summed E-state index contributed by atoms with van der Waals surface area (Å²) in [5, 5.41) is 10.5. The molecule has 3 fully saturated rings. The van der Waals surface area contributed by atoms with E-state index in [2.05, 4.69) is 20.5 Å². The molecule has 3 aromatic rings. The second kappa shape index (κ2) is 12.9. The number of carbonyl (C=O) groups excluding carboxylic acids is 1. The lowest BCUT2D eigenvalue weighted by molar-refractivity contribution is -0.137. The third-order valence-electron chi connectivity index (χ3n) is 8.77. The van der Waals surface area contributed by atoms with E-state index >= 15 is 0 Å². The van der Waals surface area contributed by atoms with Gasteiger partial charge in [-0.05, 0) is 69.6 Å². The number of nitrogens with two attached hydrogens (primary N) is 1. The highest BCUT2D eigenvalue weighted by molar-refractivity contribution is 6.31. The molecule has 6 rings (SSSR count). The number of anilines is 3. The van der Waals surface area contributed by atoms with E-state index in [0.717, 1.165) is 61.8 Å². The number of hydrogen-bond donors (Lipinski definition) is 4. The summed E-state index contributed by atoms with van der Waals surface area (Å²) in [6.07, 6.45) is 6.13. The Kier molecular flexibility index (Phi) is 9.01. The fraction of sp³-hybridized carbons (Fsp3) is 0.586. The molecular weight excluding hydrogens is 599 g/mol. The van der Waals surface area contributed by atoms with E-state index in [1.807, 2.05) is 6.33 Å². The SMILES string of the molecule is N[C@H]1CC[C@H](Nc2nc(NC3CCN(OC(=O)Nc4ccc(Cl)c(C(F)(F)F)c4)CC3)c3ncn(C4CCCC4)c3n2)CC1. The molecule has 238 valence electrons. The van der Waals surface area contributed by atoms with Gasteiger partial charge in [-0.2, -0.15) is 23.1 Å². The molecule has 15 heteroatoms. The van der Waals surface area contributed by atoms with E-state index in [1.54, 1.807) is 0 Å². The first-order valence-electron chi connectivity index (χ1n) is 15.3. The number of halogens is 4. The number of nitrogens with one attached hydrogen (secondary N) is 3. The third kappa shape index (κ3) is 7.13. The van der Waals surface area contributed by atoms with Gasteiger partial charge in [0.05, 0.1) is 16.9 Å². The molecule has 0 spiro atoms. The van der Waals surface area contributed by atoms with Gasteiger partial charge in [0.15, 0.2) is 17.0 Å². The number of piperidine rings is 1. The number of amides is 1. The van der Waals surface area contributed by atoms with E-state index in [0.29, 0.717) is 43.7 Å². The number of hydrogen-bond acceptors (Lipinski definition) is 9. The van der Waals surface area contributed by atoms with Crippen LogP contribution in [0.2, 0.25) is 5.02 Å². The lowest BCUT2D eigenvalue weighted by Crippen LogP contribution is -2.41. The van der Waals surface area contributed by atoms with E-state index in [4.69, 9.17) is 37.1 Å². The molecule has 1 saturated heterocycles. The molecule has 0 unspecified atom stereocenters. The molecule has 11 nitrogen and oxygen atoms in total. The zero-order valence-corrected chi connectivity index (χ0v) is 25.0. The van der Waals surface area contributed by atoms with Crippen LogP contribution in [0.25, 0.3) is 11.2 Å². The van der Waals surface area contributed by atoms with Crippen LogP contribution in [0.4, 0.5) is 35.4 Å². The topological polar surface area (TPSA) is 135 Å². The Balaban J connectivity index is 1.10. The molecule has 2 aliphatic carbocycles. The molecule has 0 radical (unpaired) electrons. The van der Waals surface area contributed by atoms with Crippen molar-refractivity contribution < 1.29 is 22.8 Å². The van der Waals surface area contributed by atoms with Crippen molar-refractivity contribution >= 4 is 46.3 Å². The minimum atomic E-state index is -4.64. The van der Waals surface area contributed by atoms with E-state index in [1.165, 1.54) is 24.0 Å². The molecule has 1 aromatic carbocycles. The monoisotopic (exact) mass is 635 g/mol. The summed E-state index contributed by atoms with van der Waals surface area (Å²) in [7, 11) is 0. The minimum Gasteiger partial charge on any atom is -0.365 e. The fourth-order valence-corrected chi connectivity index (χ4v) is 6.57. The summed E-state index contributed by atoms with van der Waals surface area (Å²) in [5.41, 5.74) is 6.56. The molecule has 2 saturated carbocycles. The standard InChI is InChI=1S/C29H37ClF3N9O2/c30-23-10-9-20(15-22(23)29(31,32)33)38-28(43)44-41-13-11-19(12-14-41)36-25-24-26(42(16-35-24)21-3-1-2-4-21)40-27(39-25)37-18-7-5-17(34)6-8-18/h9-10,15-19,21H,1-8,11-14,34H2,(H,38,43)(H2,36,37,39,40)/t17-,18-. The minimum absolute atomic E-state index is 0.0405. The number of fused-ring (bicyclic) bond motifs is 1. The van der Waals surface area contributed by atoms with Gasteiger partial charge in [0.1, 0.15) is 0 Å². The lowest BCUT2D eigenvalue weighted by atomic mass is 9.92. The van der Waals surface area contributed by atoms with Crippen LogP contribution >= 0.6 is 11.6 Å². The van der Waals surface area contributed by atoms with Crippen LogP contribution in [-0.4, -0.2) is 61.9 Å². The first kappa shape index (κ1) is 30.7. The largest absolute Gasteiger partial charge is 0.430 e. The summed E-state index contributed by atoms with van der Waals surface area (Å²) in [4.78, 5) is 32.3. The van der Waals surface area contributed by atoms with Gasteiger partial charge in [-0.25, -0.2) is 9.78 Å². The molecule has 3 aliphatic rings. The number of nitrogens with zero attached hydrogens (tertiary/aromatic N) is 5. The number of alkyl halides is 3. The van der Waals surface area contributed by atoms with Gasteiger partial charge in [-0.15, -0.1) is 5.06 Å². The molecule has 0 bridgehead atoms. The van der Waals surface area contributed by atoms with Crippen LogP contribution < -0.4 is 21.7 Å². The van der Waals surface area contributed by atoms with Crippen LogP contribution in [0, 0.1) is 0 Å². The number of aromatic nitrogens is 4. The maximum atomic E-state index is 13.2. The predicted octanol–water partition coefficient (Wildman–Crippen LogP) is 6.34. The van der Waals surface area contributed by atoms with E-state index in [-0.39, 0.29) is 23.8 Å². The molecule has 2 aromatic heterocycles. The van der Waals surface area contributed by atoms with Crippen LogP contribution in [0.1, 0.15) is 75.8 Å².